The Morgan fingerprint density at radius 2 is 2.06 bits per heavy atom. The SMILES string of the molecule is CC(Nc1ccc2c(c1)CCC2)c1cccnc1. The van der Waals surface area contributed by atoms with Crippen LogP contribution in [-0.4, -0.2) is 4.98 Å². The van der Waals surface area contributed by atoms with Gasteiger partial charge in [-0.2, -0.15) is 0 Å². The zero-order chi connectivity index (χ0) is 12.4. The number of pyridine rings is 1. The molecule has 0 bridgehead atoms. The molecule has 1 aromatic heterocycles. The molecule has 0 radical (unpaired) electrons. The molecule has 92 valence electrons. The van der Waals surface area contributed by atoms with Crippen molar-refractivity contribution >= 4 is 5.69 Å². The van der Waals surface area contributed by atoms with Crippen molar-refractivity contribution < 1.29 is 0 Å². The molecule has 1 unspecified atom stereocenters. The van der Waals surface area contributed by atoms with E-state index in [0.717, 1.165) is 0 Å². The second-order valence-electron chi connectivity index (χ2n) is 4.99. The number of hydrogen-bond acceptors (Lipinski definition) is 2. The molecule has 0 fully saturated rings. The van der Waals surface area contributed by atoms with Gasteiger partial charge in [0.05, 0.1) is 6.04 Å². The lowest BCUT2D eigenvalue weighted by Crippen LogP contribution is -2.07. The lowest BCUT2D eigenvalue weighted by molar-refractivity contribution is 0.875. The number of nitrogens with zero attached hydrogens (tertiary/aromatic N) is 1. The number of aryl methyl sites for hydroxylation is 2. The minimum atomic E-state index is 0.290. The Labute approximate surface area is 108 Å². The number of hydrogen-bond donors (Lipinski definition) is 1. The molecule has 1 aliphatic rings. The Bertz CT molecular complexity index is 534. The van der Waals surface area contributed by atoms with Crippen LogP contribution in [0.5, 0.6) is 0 Å². The van der Waals surface area contributed by atoms with Crippen LogP contribution in [0.2, 0.25) is 0 Å². The van der Waals surface area contributed by atoms with Gasteiger partial charge in [-0.3, -0.25) is 4.98 Å². The van der Waals surface area contributed by atoms with Crippen molar-refractivity contribution in [3.63, 3.8) is 0 Å². The maximum atomic E-state index is 4.17. The smallest absolute Gasteiger partial charge is 0.0500 e. The van der Waals surface area contributed by atoms with E-state index in [1.165, 1.54) is 41.6 Å². The summed E-state index contributed by atoms with van der Waals surface area (Å²) in [7, 11) is 0. The minimum Gasteiger partial charge on any atom is -0.378 e. The average Bonchev–Trinajstić information content (AvgIpc) is 2.87. The molecule has 2 nitrogen and oxygen atoms in total. The predicted octanol–water partition coefficient (Wildman–Crippen LogP) is 3.74. The predicted molar refractivity (Wildman–Crippen MR) is 74.7 cm³/mol. The molecule has 0 spiro atoms. The van der Waals surface area contributed by atoms with E-state index in [1.54, 1.807) is 0 Å². The Balaban J connectivity index is 1.77. The van der Waals surface area contributed by atoms with Crippen molar-refractivity contribution in [2.45, 2.75) is 32.2 Å². The molecular weight excluding hydrogens is 220 g/mol. The molecule has 3 rings (SSSR count). The molecule has 1 heterocycles. The third kappa shape index (κ3) is 2.23. The highest BCUT2D eigenvalue weighted by Gasteiger charge is 2.12. The quantitative estimate of drug-likeness (QED) is 0.881. The summed E-state index contributed by atoms with van der Waals surface area (Å²) >= 11 is 0. The topological polar surface area (TPSA) is 24.9 Å². The maximum absolute atomic E-state index is 4.17. The van der Waals surface area contributed by atoms with Gasteiger partial charge in [0.25, 0.3) is 0 Å². The molecule has 18 heavy (non-hydrogen) atoms. The summed E-state index contributed by atoms with van der Waals surface area (Å²) in [6.07, 6.45) is 7.51. The fourth-order valence-corrected chi connectivity index (χ4v) is 2.63. The molecule has 1 aliphatic carbocycles. The summed E-state index contributed by atoms with van der Waals surface area (Å²) in [5.74, 6) is 0. The number of rotatable bonds is 3. The number of fused-ring (bicyclic) bond motifs is 1. The Morgan fingerprint density at radius 3 is 2.89 bits per heavy atom. The second-order valence-corrected chi connectivity index (χ2v) is 4.99. The zero-order valence-corrected chi connectivity index (χ0v) is 10.7. The molecule has 0 saturated heterocycles. The van der Waals surface area contributed by atoms with Gasteiger partial charge in [0, 0.05) is 18.1 Å². The van der Waals surface area contributed by atoms with Gasteiger partial charge in [-0.25, -0.2) is 0 Å². The molecule has 0 amide bonds. The van der Waals surface area contributed by atoms with E-state index in [0.29, 0.717) is 0 Å². The standard InChI is InChI=1S/C16H18N2/c1-12(15-6-3-9-17-11-15)18-16-8-7-13-4-2-5-14(13)10-16/h3,6-12,18H,2,4-5H2,1H3. The van der Waals surface area contributed by atoms with E-state index < -0.39 is 0 Å². The first-order chi connectivity index (χ1) is 8.83. The molecule has 2 heteroatoms. The Kier molecular flexibility index (Phi) is 3.01. The summed E-state index contributed by atoms with van der Waals surface area (Å²) in [4.78, 5) is 4.17. The summed E-state index contributed by atoms with van der Waals surface area (Å²) in [6.45, 7) is 2.17. The van der Waals surface area contributed by atoms with E-state index in [9.17, 15) is 0 Å². The van der Waals surface area contributed by atoms with Gasteiger partial charge in [-0.05, 0) is 61.1 Å². The highest BCUT2D eigenvalue weighted by Crippen LogP contribution is 2.26. The third-order valence-corrected chi connectivity index (χ3v) is 3.67. The van der Waals surface area contributed by atoms with Crippen molar-refractivity contribution in [3.8, 4) is 0 Å². The van der Waals surface area contributed by atoms with Crippen LogP contribution in [0.3, 0.4) is 0 Å². The third-order valence-electron chi connectivity index (χ3n) is 3.67. The van der Waals surface area contributed by atoms with Crippen LogP contribution in [0, 0.1) is 0 Å². The molecule has 0 aliphatic heterocycles. The van der Waals surface area contributed by atoms with Crippen LogP contribution in [0.15, 0.2) is 42.7 Å². The minimum absolute atomic E-state index is 0.290. The second kappa shape index (κ2) is 4.81. The first-order valence-electron chi connectivity index (χ1n) is 6.61. The zero-order valence-electron chi connectivity index (χ0n) is 10.7. The molecule has 1 atom stereocenters. The van der Waals surface area contributed by atoms with Crippen molar-refractivity contribution in [1.29, 1.82) is 0 Å². The fraction of sp³-hybridized carbons (Fsp3) is 0.312. The van der Waals surface area contributed by atoms with Crippen LogP contribution in [-0.2, 0) is 12.8 Å². The molecular formula is C16H18N2. The van der Waals surface area contributed by atoms with E-state index in [1.807, 2.05) is 18.5 Å². The van der Waals surface area contributed by atoms with Gasteiger partial charge >= 0.3 is 0 Å². The highest BCUT2D eigenvalue weighted by atomic mass is 14.9. The molecule has 0 saturated carbocycles. The largest absolute Gasteiger partial charge is 0.378 e. The normalized spacial score (nSPS) is 15.2. The Hall–Kier alpha value is -1.83. The van der Waals surface area contributed by atoms with E-state index >= 15 is 0 Å². The Morgan fingerprint density at radius 1 is 1.17 bits per heavy atom. The first-order valence-corrected chi connectivity index (χ1v) is 6.61. The van der Waals surface area contributed by atoms with Crippen molar-refractivity contribution in [1.82, 2.24) is 4.98 Å². The van der Waals surface area contributed by atoms with Crippen molar-refractivity contribution in [2.24, 2.45) is 0 Å². The van der Waals surface area contributed by atoms with Crippen LogP contribution in [0.1, 0.15) is 36.1 Å². The molecule has 2 aromatic rings. The lowest BCUT2D eigenvalue weighted by atomic mass is 10.1. The summed E-state index contributed by atoms with van der Waals surface area (Å²) in [5, 5.41) is 3.55. The molecule has 1 N–H and O–H groups in total. The fourth-order valence-electron chi connectivity index (χ4n) is 2.63. The van der Waals surface area contributed by atoms with Gasteiger partial charge in [0.1, 0.15) is 0 Å². The van der Waals surface area contributed by atoms with Gasteiger partial charge in [-0.15, -0.1) is 0 Å². The van der Waals surface area contributed by atoms with E-state index in [4.69, 9.17) is 0 Å². The number of aromatic nitrogens is 1. The van der Waals surface area contributed by atoms with Crippen LogP contribution in [0.4, 0.5) is 5.69 Å². The number of nitrogens with one attached hydrogen (secondary N) is 1. The maximum Gasteiger partial charge on any atom is 0.0500 e. The van der Waals surface area contributed by atoms with Crippen LogP contribution >= 0.6 is 0 Å². The highest BCUT2D eigenvalue weighted by molar-refractivity contribution is 5.51. The van der Waals surface area contributed by atoms with Crippen LogP contribution in [0.25, 0.3) is 0 Å². The monoisotopic (exact) mass is 238 g/mol. The summed E-state index contributed by atoms with van der Waals surface area (Å²) < 4.78 is 0. The first kappa shape index (κ1) is 11.3. The van der Waals surface area contributed by atoms with Gasteiger partial charge < -0.3 is 5.32 Å². The van der Waals surface area contributed by atoms with E-state index in [-0.39, 0.29) is 6.04 Å². The molecule has 1 aromatic carbocycles. The number of benzene rings is 1. The van der Waals surface area contributed by atoms with E-state index in [2.05, 4.69) is 41.5 Å². The van der Waals surface area contributed by atoms with Gasteiger partial charge in [0.2, 0.25) is 0 Å². The van der Waals surface area contributed by atoms with Gasteiger partial charge in [0.15, 0.2) is 0 Å². The number of anilines is 1. The van der Waals surface area contributed by atoms with Crippen molar-refractivity contribution in [2.75, 3.05) is 5.32 Å². The summed E-state index contributed by atoms with van der Waals surface area (Å²) in [5.41, 5.74) is 5.47. The average molecular weight is 238 g/mol. The van der Waals surface area contributed by atoms with Gasteiger partial charge in [-0.1, -0.05) is 12.1 Å². The summed E-state index contributed by atoms with van der Waals surface area (Å²) in [6, 6.07) is 11.1. The van der Waals surface area contributed by atoms with Crippen molar-refractivity contribution in [3.05, 3.63) is 59.4 Å². The van der Waals surface area contributed by atoms with Crippen LogP contribution < -0.4 is 5.32 Å². The lowest BCUT2D eigenvalue weighted by Gasteiger charge is -2.16.